The van der Waals surface area contributed by atoms with Gasteiger partial charge in [0.1, 0.15) is 0 Å². The van der Waals surface area contributed by atoms with Gasteiger partial charge in [-0.05, 0) is 11.1 Å². The summed E-state index contributed by atoms with van der Waals surface area (Å²) in [5.41, 5.74) is 2.77. The van der Waals surface area contributed by atoms with Gasteiger partial charge in [-0.25, -0.2) is 4.79 Å². The lowest BCUT2D eigenvalue weighted by atomic mass is 9.95. The normalized spacial score (nSPS) is 12.0. The third-order valence-corrected chi connectivity index (χ3v) is 3.25. The van der Waals surface area contributed by atoms with Crippen molar-refractivity contribution in [3.8, 4) is 11.1 Å². The van der Waals surface area contributed by atoms with Gasteiger partial charge in [0.15, 0.2) is 0 Å². The van der Waals surface area contributed by atoms with Crippen LogP contribution >= 0.6 is 0 Å². The van der Waals surface area contributed by atoms with Gasteiger partial charge in [-0.15, -0.1) is 0 Å². The first-order valence-corrected chi connectivity index (χ1v) is 6.55. The van der Waals surface area contributed by atoms with Crippen molar-refractivity contribution in [2.75, 3.05) is 7.11 Å². The second-order valence-corrected chi connectivity index (χ2v) is 4.80. The smallest absolute Gasteiger partial charge is 0.333 e. The fourth-order valence-electron chi connectivity index (χ4n) is 2.18. The molecule has 0 fully saturated rings. The molecule has 2 rings (SSSR count). The Bertz CT molecular complexity index is 661. The van der Waals surface area contributed by atoms with Crippen LogP contribution in [0.2, 0.25) is 0 Å². The minimum absolute atomic E-state index is 0.129. The minimum Gasteiger partial charge on any atom is -0.466 e. The van der Waals surface area contributed by atoms with E-state index in [2.05, 4.69) is 16.4 Å². The predicted octanol–water partition coefficient (Wildman–Crippen LogP) is 2.24. The molecule has 0 aliphatic heterocycles. The van der Waals surface area contributed by atoms with Crippen LogP contribution in [0.3, 0.4) is 0 Å². The molecule has 0 saturated heterocycles. The van der Waals surface area contributed by atoms with Gasteiger partial charge in [0, 0.05) is 30.8 Å². The van der Waals surface area contributed by atoms with E-state index >= 15 is 0 Å². The molecule has 1 heterocycles. The number of nitrogens with zero attached hydrogens (tertiary/aromatic N) is 2. The number of hydrogen-bond acceptors (Lipinski definition) is 4. The number of aromatic nitrogens is 2. The Morgan fingerprint density at radius 2 is 2.19 bits per heavy atom. The summed E-state index contributed by atoms with van der Waals surface area (Å²) in [7, 11) is 3.13. The molecule has 2 aromatic rings. The van der Waals surface area contributed by atoms with Crippen molar-refractivity contribution < 1.29 is 14.6 Å². The number of hydrogen-bond donors (Lipinski definition) is 1. The summed E-state index contributed by atoms with van der Waals surface area (Å²) in [4.78, 5) is 11.4. The van der Waals surface area contributed by atoms with Crippen molar-refractivity contribution in [1.82, 2.24) is 9.78 Å². The molecule has 0 aliphatic rings. The zero-order valence-corrected chi connectivity index (χ0v) is 12.1. The molecule has 0 bridgehead atoms. The van der Waals surface area contributed by atoms with E-state index in [1.165, 1.54) is 7.11 Å². The third kappa shape index (κ3) is 3.38. The fourth-order valence-corrected chi connectivity index (χ4v) is 2.18. The maximum atomic E-state index is 11.4. The van der Waals surface area contributed by atoms with E-state index in [4.69, 9.17) is 0 Å². The van der Waals surface area contributed by atoms with Crippen LogP contribution in [0.15, 0.2) is 48.8 Å². The van der Waals surface area contributed by atoms with Crippen molar-refractivity contribution in [3.05, 3.63) is 54.4 Å². The summed E-state index contributed by atoms with van der Waals surface area (Å²) in [6.45, 7) is 3.65. The van der Waals surface area contributed by atoms with E-state index in [9.17, 15) is 9.90 Å². The maximum Gasteiger partial charge on any atom is 0.333 e. The van der Waals surface area contributed by atoms with Gasteiger partial charge in [0.05, 0.1) is 19.4 Å². The molecular weight excluding hydrogens is 268 g/mol. The number of carbonyl (C=O) groups is 1. The topological polar surface area (TPSA) is 64.4 Å². The number of ether oxygens (including phenoxy) is 1. The number of aryl methyl sites for hydroxylation is 1. The van der Waals surface area contributed by atoms with E-state index in [1.807, 2.05) is 37.5 Å². The highest BCUT2D eigenvalue weighted by atomic mass is 16.5. The highest BCUT2D eigenvalue weighted by Gasteiger charge is 2.18. The molecule has 0 saturated carbocycles. The molecule has 21 heavy (non-hydrogen) atoms. The Balaban J connectivity index is 2.28. The van der Waals surface area contributed by atoms with Crippen molar-refractivity contribution in [3.63, 3.8) is 0 Å². The molecule has 5 heteroatoms. The lowest BCUT2D eigenvalue weighted by Crippen LogP contribution is -2.08. The van der Waals surface area contributed by atoms with E-state index in [1.54, 1.807) is 10.9 Å². The summed E-state index contributed by atoms with van der Waals surface area (Å²) in [6.07, 6.45) is 2.92. The minimum atomic E-state index is -0.826. The largest absolute Gasteiger partial charge is 0.466 e. The van der Waals surface area contributed by atoms with E-state index in [0.717, 1.165) is 16.7 Å². The van der Waals surface area contributed by atoms with E-state index < -0.39 is 12.1 Å². The molecule has 1 aromatic carbocycles. The maximum absolute atomic E-state index is 11.4. The van der Waals surface area contributed by atoms with Crippen LogP contribution in [0.5, 0.6) is 0 Å². The Kier molecular flexibility index (Phi) is 4.55. The molecule has 0 aliphatic carbocycles. The first-order valence-electron chi connectivity index (χ1n) is 6.55. The molecule has 0 spiro atoms. The summed E-state index contributed by atoms with van der Waals surface area (Å²) in [5.74, 6) is -0.507. The number of methoxy groups -OCH3 is 1. The number of rotatable bonds is 5. The number of esters is 1. The highest BCUT2D eigenvalue weighted by molar-refractivity contribution is 5.87. The fraction of sp³-hybridized carbons (Fsp3) is 0.250. The summed E-state index contributed by atoms with van der Waals surface area (Å²) in [6, 6.07) is 7.49. The van der Waals surface area contributed by atoms with Crippen molar-refractivity contribution in [2.24, 2.45) is 7.05 Å². The highest BCUT2D eigenvalue weighted by Crippen LogP contribution is 2.30. The summed E-state index contributed by atoms with van der Waals surface area (Å²) >= 11 is 0. The Hall–Kier alpha value is -2.40. The molecule has 1 aromatic heterocycles. The quantitative estimate of drug-likeness (QED) is 0.676. The second kappa shape index (κ2) is 6.37. The molecule has 0 amide bonds. The average molecular weight is 286 g/mol. The molecule has 1 N–H and O–H groups in total. The molecule has 1 unspecified atom stereocenters. The molecule has 110 valence electrons. The number of benzene rings is 1. The average Bonchev–Trinajstić information content (AvgIpc) is 2.92. The zero-order chi connectivity index (χ0) is 15.4. The first kappa shape index (κ1) is 15.0. The van der Waals surface area contributed by atoms with Gasteiger partial charge in [0.2, 0.25) is 0 Å². The van der Waals surface area contributed by atoms with E-state index in [0.29, 0.717) is 0 Å². The standard InChI is InChI=1S/C16H18N2O3/c1-11(16(20)21-3)8-15(19)14-7-5-4-6-13(14)12-9-17-18(2)10-12/h4-7,9-10,15,19H,1,8H2,2-3H3. The zero-order valence-electron chi connectivity index (χ0n) is 12.1. The lowest BCUT2D eigenvalue weighted by Gasteiger charge is -2.15. The Morgan fingerprint density at radius 3 is 2.81 bits per heavy atom. The molecule has 5 nitrogen and oxygen atoms in total. The number of aliphatic hydroxyl groups excluding tert-OH is 1. The van der Waals surface area contributed by atoms with Crippen LogP contribution in [0.25, 0.3) is 11.1 Å². The van der Waals surface area contributed by atoms with Crippen LogP contribution < -0.4 is 0 Å². The third-order valence-electron chi connectivity index (χ3n) is 3.25. The summed E-state index contributed by atoms with van der Waals surface area (Å²) < 4.78 is 6.30. The Labute approximate surface area is 123 Å². The van der Waals surface area contributed by atoms with Crippen LogP contribution in [-0.4, -0.2) is 28.0 Å². The van der Waals surface area contributed by atoms with Crippen LogP contribution in [0.4, 0.5) is 0 Å². The van der Waals surface area contributed by atoms with E-state index in [-0.39, 0.29) is 12.0 Å². The lowest BCUT2D eigenvalue weighted by molar-refractivity contribution is -0.136. The molecular formula is C16H18N2O3. The van der Waals surface area contributed by atoms with Crippen LogP contribution in [-0.2, 0) is 16.6 Å². The SMILES string of the molecule is C=C(CC(O)c1ccccc1-c1cnn(C)c1)C(=O)OC. The van der Waals surface area contributed by atoms with Crippen LogP contribution in [0.1, 0.15) is 18.1 Å². The predicted molar refractivity (Wildman–Crippen MR) is 79.4 cm³/mol. The Morgan fingerprint density at radius 1 is 1.48 bits per heavy atom. The van der Waals surface area contributed by atoms with Crippen LogP contribution in [0, 0.1) is 0 Å². The number of carbonyl (C=O) groups excluding carboxylic acids is 1. The van der Waals surface area contributed by atoms with Gasteiger partial charge < -0.3 is 9.84 Å². The second-order valence-electron chi connectivity index (χ2n) is 4.80. The van der Waals surface area contributed by atoms with Crippen molar-refractivity contribution >= 4 is 5.97 Å². The summed E-state index contributed by atoms with van der Waals surface area (Å²) in [5, 5.41) is 14.5. The first-order chi connectivity index (χ1) is 10.0. The monoisotopic (exact) mass is 286 g/mol. The van der Waals surface area contributed by atoms with Gasteiger partial charge >= 0.3 is 5.97 Å². The van der Waals surface area contributed by atoms with Crippen molar-refractivity contribution in [2.45, 2.75) is 12.5 Å². The van der Waals surface area contributed by atoms with Gasteiger partial charge in [0.25, 0.3) is 0 Å². The van der Waals surface area contributed by atoms with Gasteiger partial charge in [-0.1, -0.05) is 30.8 Å². The molecule has 0 radical (unpaired) electrons. The molecule has 1 atom stereocenters. The van der Waals surface area contributed by atoms with Gasteiger partial charge in [-0.3, -0.25) is 4.68 Å². The van der Waals surface area contributed by atoms with Gasteiger partial charge in [-0.2, -0.15) is 5.10 Å². The van der Waals surface area contributed by atoms with Crippen molar-refractivity contribution in [1.29, 1.82) is 0 Å². The number of aliphatic hydroxyl groups is 1.